The van der Waals surface area contributed by atoms with E-state index in [9.17, 15) is 4.79 Å². The number of nitrogens with one attached hydrogen (secondary N) is 1. The molecule has 2 rings (SSSR count). The number of esters is 1. The lowest BCUT2D eigenvalue weighted by Gasteiger charge is -2.38. The molecule has 18 heavy (non-hydrogen) atoms. The maximum atomic E-state index is 11.5. The van der Waals surface area contributed by atoms with Crippen molar-refractivity contribution in [3.05, 3.63) is 10.6 Å². The number of nitrogens with zero attached hydrogens (tertiary/aromatic N) is 2. The molecule has 100 valence electrons. The molecule has 6 heteroatoms. The average Bonchev–Trinajstić information content (AvgIpc) is 2.69. The van der Waals surface area contributed by atoms with Crippen molar-refractivity contribution in [1.82, 2.24) is 10.3 Å². The van der Waals surface area contributed by atoms with E-state index in [1.807, 2.05) is 6.92 Å². The molecular formula is C12H19N3O2S. The molecule has 1 saturated heterocycles. The Kier molecular flexibility index (Phi) is 3.59. The van der Waals surface area contributed by atoms with E-state index in [1.54, 1.807) is 11.3 Å². The second-order valence-electron chi connectivity index (χ2n) is 5.13. The van der Waals surface area contributed by atoms with Crippen LogP contribution in [0.3, 0.4) is 0 Å². The summed E-state index contributed by atoms with van der Waals surface area (Å²) < 4.78 is 4.73. The molecule has 0 aromatic carbocycles. The number of piperazine rings is 1. The highest BCUT2D eigenvalue weighted by molar-refractivity contribution is 7.15. The fourth-order valence-electron chi connectivity index (χ4n) is 2.11. The summed E-state index contributed by atoms with van der Waals surface area (Å²) in [4.78, 5) is 19.1. The van der Waals surface area contributed by atoms with Gasteiger partial charge in [-0.05, 0) is 20.8 Å². The van der Waals surface area contributed by atoms with E-state index in [-0.39, 0.29) is 11.5 Å². The number of aryl methyl sites for hydroxylation is 1. The Labute approximate surface area is 111 Å². The Morgan fingerprint density at radius 3 is 2.89 bits per heavy atom. The van der Waals surface area contributed by atoms with E-state index >= 15 is 0 Å². The minimum absolute atomic E-state index is 0.0727. The van der Waals surface area contributed by atoms with Crippen molar-refractivity contribution >= 4 is 22.4 Å². The molecule has 2 heterocycles. The van der Waals surface area contributed by atoms with Crippen LogP contribution < -0.4 is 10.2 Å². The van der Waals surface area contributed by atoms with Crippen molar-refractivity contribution in [1.29, 1.82) is 0 Å². The van der Waals surface area contributed by atoms with Gasteiger partial charge in [-0.2, -0.15) is 0 Å². The van der Waals surface area contributed by atoms with E-state index in [2.05, 4.69) is 29.0 Å². The topological polar surface area (TPSA) is 54.5 Å². The Morgan fingerprint density at radius 2 is 2.28 bits per heavy atom. The number of aromatic nitrogens is 1. The number of hydrogen-bond acceptors (Lipinski definition) is 6. The second-order valence-corrected chi connectivity index (χ2v) is 6.31. The number of methoxy groups -OCH3 is 1. The molecule has 0 amide bonds. The first-order valence-corrected chi connectivity index (χ1v) is 6.80. The molecule has 1 aliphatic rings. The molecule has 0 radical (unpaired) electrons. The predicted octanol–water partition coefficient (Wildman–Crippen LogP) is 1.43. The Balaban J connectivity index is 2.21. The van der Waals surface area contributed by atoms with Crippen molar-refractivity contribution in [3.8, 4) is 0 Å². The second kappa shape index (κ2) is 4.85. The first-order valence-electron chi connectivity index (χ1n) is 5.99. The third-order valence-corrected chi connectivity index (χ3v) is 4.04. The van der Waals surface area contributed by atoms with Crippen molar-refractivity contribution in [2.24, 2.45) is 0 Å². The Morgan fingerprint density at radius 1 is 1.56 bits per heavy atom. The van der Waals surface area contributed by atoms with Gasteiger partial charge in [0.25, 0.3) is 0 Å². The zero-order chi connectivity index (χ0) is 13.3. The van der Waals surface area contributed by atoms with Gasteiger partial charge in [-0.1, -0.05) is 0 Å². The highest BCUT2D eigenvalue weighted by atomic mass is 32.1. The number of carbonyl (C=O) groups excluding carboxylic acids is 1. The average molecular weight is 269 g/mol. The summed E-state index contributed by atoms with van der Waals surface area (Å²) in [5, 5.41) is 4.36. The molecule has 1 aromatic heterocycles. The molecule has 0 atom stereocenters. The van der Waals surface area contributed by atoms with Crippen molar-refractivity contribution in [2.45, 2.75) is 26.3 Å². The smallest absolute Gasteiger partial charge is 0.357 e. The summed E-state index contributed by atoms with van der Waals surface area (Å²) >= 11 is 1.55. The molecule has 1 aromatic rings. The van der Waals surface area contributed by atoms with Crippen LogP contribution in [0.2, 0.25) is 0 Å². The maximum Gasteiger partial charge on any atom is 0.357 e. The molecule has 0 aliphatic carbocycles. The van der Waals surface area contributed by atoms with Crippen LogP contribution in [0.25, 0.3) is 0 Å². The van der Waals surface area contributed by atoms with E-state index < -0.39 is 0 Å². The molecular weight excluding hydrogens is 250 g/mol. The predicted molar refractivity (Wildman–Crippen MR) is 72.5 cm³/mol. The molecule has 0 unspecified atom stereocenters. The monoisotopic (exact) mass is 269 g/mol. The quantitative estimate of drug-likeness (QED) is 0.823. The van der Waals surface area contributed by atoms with Crippen LogP contribution in [-0.4, -0.2) is 43.2 Å². The lowest BCUT2D eigenvalue weighted by Crippen LogP contribution is -2.57. The number of thiazole rings is 1. The van der Waals surface area contributed by atoms with Gasteiger partial charge >= 0.3 is 5.97 Å². The van der Waals surface area contributed by atoms with Gasteiger partial charge in [0.05, 0.1) is 7.11 Å². The Bertz CT molecular complexity index is 456. The molecule has 1 aliphatic heterocycles. The minimum atomic E-state index is -0.357. The van der Waals surface area contributed by atoms with Crippen LogP contribution in [-0.2, 0) is 4.74 Å². The van der Waals surface area contributed by atoms with Crippen LogP contribution in [0.15, 0.2) is 0 Å². The minimum Gasteiger partial charge on any atom is -0.464 e. The zero-order valence-electron chi connectivity index (χ0n) is 11.2. The van der Waals surface area contributed by atoms with Gasteiger partial charge in [0.1, 0.15) is 0 Å². The van der Waals surface area contributed by atoms with Crippen molar-refractivity contribution in [3.63, 3.8) is 0 Å². The number of ether oxygens (including phenoxy) is 1. The van der Waals surface area contributed by atoms with Gasteiger partial charge in [0.2, 0.25) is 0 Å². The molecule has 0 bridgehead atoms. The largest absolute Gasteiger partial charge is 0.464 e. The van der Waals surface area contributed by atoms with E-state index in [1.165, 1.54) is 7.11 Å². The van der Waals surface area contributed by atoms with Crippen LogP contribution in [0, 0.1) is 6.92 Å². The summed E-state index contributed by atoms with van der Waals surface area (Å²) in [5.41, 5.74) is 0.511. The summed E-state index contributed by atoms with van der Waals surface area (Å²) in [6.07, 6.45) is 0. The normalized spacial score (nSPS) is 18.8. The number of anilines is 1. The first kappa shape index (κ1) is 13.3. The number of carbonyl (C=O) groups is 1. The highest BCUT2D eigenvalue weighted by Gasteiger charge is 2.28. The van der Waals surface area contributed by atoms with Gasteiger partial charge in [0.15, 0.2) is 10.8 Å². The molecule has 0 spiro atoms. The summed E-state index contributed by atoms with van der Waals surface area (Å²) in [5.74, 6) is -0.357. The van der Waals surface area contributed by atoms with Crippen molar-refractivity contribution < 1.29 is 9.53 Å². The van der Waals surface area contributed by atoms with Crippen molar-refractivity contribution in [2.75, 3.05) is 31.6 Å². The molecule has 5 nitrogen and oxygen atoms in total. The van der Waals surface area contributed by atoms with Gasteiger partial charge in [0, 0.05) is 30.1 Å². The van der Waals surface area contributed by atoms with Crippen LogP contribution in [0.1, 0.15) is 29.2 Å². The highest BCUT2D eigenvalue weighted by Crippen LogP contribution is 2.28. The van der Waals surface area contributed by atoms with Gasteiger partial charge in [-0.25, -0.2) is 9.78 Å². The van der Waals surface area contributed by atoms with E-state index in [0.29, 0.717) is 5.69 Å². The molecule has 1 N–H and O–H groups in total. The first-order chi connectivity index (χ1) is 8.43. The Hall–Kier alpha value is -1.14. The van der Waals surface area contributed by atoms with Gasteiger partial charge in [-0.3, -0.25) is 0 Å². The van der Waals surface area contributed by atoms with Crippen LogP contribution >= 0.6 is 11.3 Å². The van der Waals surface area contributed by atoms with E-state index in [4.69, 9.17) is 4.74 Å². The van der Waals surface area contributed by atoms with Crippen LogP contribution in [0.4, 0.5) is 5.13 Å². The zero-order valence-corrected chi connectivity index (χ0v) is 12.1. The van der Waals surface area contributed by atoms with Gasteiger partial charge in [-0.15, -0.1) is 11.3 Å². The third-order valence-electron chi connectivity index (χ3n) is 3.01. The molecule has 0 saturated carbocycles. The third kappa shape index (κ3) is 2.64. The number of hydrogen-bond donors (Lipinski definition) is 1. The lowest BCUT2D eigenvalue weighted by atomic mass is 10.0. The fourth-order valence-corrected chi connectivity index (χ4v) is 3.03. The van der Waals surface area contributed by atoms with E-state index in [0.717, 1.165) is 29.6 Å². The van der Waals surface area contributed by atoms with Gasteiger partial charge < -0.3 is 15.0 Å². The summed E-state index contributed by atoms with van der Waals surface area (Å²) in [7, 11) is 1.38. The fraction of sp³-hybridized carbons (Fsp3) is 0.667. The lowest BCUT2D eigenvalue weighted by molar-refractivity contribution is 0.0594. The number of rotatable bonds is 2. The summed E-state index contributed by atoms with van der Waals surface area (Å²) in [6.45, 7) is 8.97. The standard InChI is InChI=1S/C12H19N3O2S/c1-8-9(10(16)17-4)14-11(18-8)15-6-5-13-12(2,3)7-15/h13H,5-7H2,1-4H3. The molecule has 1 fully saturated rings. The SMILES string of the molecule is COC(=O)c1nc(N2CCNC(C)(C)C2)sc1C. The van der Waals surface area contributed by atoms with Crippen LogP contribution in [0.5, 0.6) is 0 Å². The summed E-state index contributed by atoms with van der Waals surface area (Å²) in [6, 6.07) is 0. The maximum absolute atomic E-state index is 11.5.